The summed E-state index contributed by atoms with van der Waals surface area (Å²) in [6.07, 6.45) is 1.47. The standard InChI is InChI=1S/C18H20F2N6/c1-11-3-5-21-16(7-11)25-6-4-12(2)13(9-25)15-8-14(17(19)20)24-18-22-10-23-26(15)18/h3,5,7-8,10,12-13,17H,4,6,9H2,1-2H3/t12-,13?/m1/s1. The van der Waals surface area contributed by atoms with Crippen LogP contribution in [0.3, 0.4) is 0 Å². The molecule has 0 bridgehead atoms. The van der Waals surface area contributed by atoms with Gasteiger partial charge in [-0.05, 0) is 43.0 Å². The van der Waals surface area contributed by atoms with Crippen LogP contribution in [0.4, 0.5) is 14.6 Å². The fraction of sp³-hybridized carbons (Fsp3) is 0.444. The Kier molecular flexibility index (Phi) is 4.26. The third-order valence-corrected chi connectivity index (χ3v) is 5.09. The Morgan fingerprint density at radius 1 is 1.23 bits per heavy atom. The van der Waals surface area contributed by atoms with Gasteiger partial charge in [0.05, 0.1) is 5.69 Å². The molecule has 1 aliphatic heterocycles. The van der Waals surface area contributed by atoms with Gasteiger partial charge in [0.2, 0.25) is 0 Å². The predicted molar refractivity (Wildman–Crippen MR) is 93.4 cm³/mol. The summed E-state index contributed by atoms with van der Waals surface area (Å²) in [5, 5.41) is 4.20. The molecule has 136 valence electrons. The topological polar surface area (TPSA) is 59.2 Å². The first kappa shape index (κ1) is 16.8. The summed E-state index contributed by atoms with van der Waals surface area (Å²) in [7, 11) is 0. The molecule has 1 aliphatic rings. The molecule has 0 aliphatic carbocycles. The molecule has 1 unspecified atom stereocenters. The number of hydrogen-bond acceptors (Lipinski definition) is 5. The van der Waals surface area contributed by atoms with Crippen molar-refractivity contribution < 1.29 is 8.78 Å². The van der Waals surface area contributed by atoms with Gasteiger partial charge < -0.3 is 4.90 Å². The maximum atomic E-state index is 13.3. The molecular weight excluding hydrogens is 338 g/mol. The lowest BCUT2D eigenvalue weighted by Crippen LogP contribution is -2.39. The monoisotopic (exact) mass is 358 g/mol. The summed E-state index contributed by atoms with van der Waals surface area (Å²) >= 11 is 0. The molecule has 0 aromatic carbocycles. The van der Waals surface area contributed by atoms with Crippen molar-refractivity contribution in [2.45, 2.75) is 32.6 Å². The molecular formula is C18H20F2N6. The number of halogens is 2. The third kappa shape index (κ3) is 3.00. The maximum absolute atomic E-state index is 13.3. The first-order valence-corrected chi connectivity index (χ1v) is 8.69. The SMILES string of the molecule is Cc1ccnc(N2CC[C@@H](C)C(c3cc(C(F)F)nc4ncnn34)C2)c1. The molecule has 4 heterocycles. The van der Waals surface area contributed by atoms with E-state index in [2.05, 4.69) is 37.9 Å². The van der Waals surface area contributed by atoms with Gasteiger partial charge in [-0.25, -0.2) is 23.3 Å². The molecule has 3 aromatic heterocycles. The average molecular weight is 358 g/mol. The van der Waals surface area contributed by atoms with Gasteiger partial charge in [-0.3, -0.25) is 0 Å². The maximum Gasteiger partial charge on any atom is 0.280 e. The lowest BCUT2D eigenvalue weighted by molar-refractivity contribution is 0.146. The van der Waals surface area contributed by atoms with Gasteiger partial charge in [0, 0.05) is 25.2 Å². The van der Waals surface area contributed by atoms with Crippen LogP contribution in [-0.2, 0) is 0 Å². The van der Waals surface area contributed by atoms with Crippen molar-refractivity contribution in [2.24, 2.45) is 5.92 Å². The molecule has 3 aromatic rings. The summed E-state index contributed by atoms with van der Waals surface area (Å²) in [4.78, 5) is 14.6. The van der Waals surface area contributed by atoms with Gasteiger partial charge in [-0.2, -0.15) is 10.1 Å². The molecule has 0 spiro atoms. The molecule has 6 nitrogen and oxygen atoms in total. The Bertz CT molecular complexity index is 925. The number of nitrogens with zero attached hydrogens (tertiary/aromatic N) is 6. The van der Waals surface area contributed by atoms with Gasteiger partial charge in [-0.15, -0.1) is 0 Å². The van der Waals surface area contributed by atoms with E-state index in [4.69, 9.17) is 0 Å². The number of hydrogen-bond donors (Lipinski definition) is 0. The number of alkyl halides is 2. The highest BCUT2D eigenvalue weighted by atomic mass is 19.3. The van der Waals surface area contributed by atoms with Crippen molar-refractivity contribution in [2.75, 3.05) is 18.0 Å². The molecule has 26 heavy (non-hydrogen) atoms. The van der Waals surface area contributed by atoms with Crippen LogP contribution in [0.5, 0.6) is 0 Å². The van der Waals surface area contributed by atoms with Crippen molar-refractivity contribution in [3.8, 4) is 0 Å². The van der Waals surface area contributed by atoms with Crippen LogP contribution in [0.1, 0.15) is 42.6 Å². The number of rotatable bonds is 3. The minimum atomic E-state index is -2.64. The number of piperidine rings is 1. The Hall–Kier alpha value is -2.64. The van der Waals surface area contributed by atoms with Crippen LogP contribution in [0, 0.1) is 12.8 Å². The molecule has 4 rings (SSSR count). The fourth-order valence-corrected chi connectivity index (χ4v) is 3.59. The molecule has 1 saturated heterocycles. The largest absolute Gasteiger partial charge is 0.356 e. The van der Waals surface area contributed by atoms with Gasteiger partial charge in [0.15, 0.2) is 0 Å². The van der Waals surface area contributed by atoms with Crippen LogP contribution >= 0.6 is 0 Å². The zero-order valence-corrected chi connectivity index (χ0v) is 14.7. The lowest BCUT2D eigenvalue weighted by Gasteiger charge is -2.38. The first-order chi connectivity index (χ1) is 12.5. The van der Waals surface area contributed by atoms with Crippen LogP contribution < -0.4 is 4.90 Å². The summed E-state index contributed by atoms with van der Waals surface area (Å²) in [5.74, 6) is 1.50. The quantitative estimate of drug-likeness (QED) is 0.718. The Labute approximate surface area is 149 Å². The third-order valence-electron chi connectivity index (χ3n) is 5.09. The second kappa shape index (κ2) is 6.59. The summed E-state index contributed by atoms with van der Waals surface area (Å²) in [6.45, 7) is 5.77. The van der Waals surface area contributed by atoms with Gasteiger partial charge in [0.25, 0.3) is 12.2 Å². The smallest absolute Gasteiger partial charge is 0.280 e. The highest BCUT2D eigenvalue weighted by Crippen LogP contribution is 2.35. The van der Waals surface area contributed by atoms with Crippen LogP contribution in [0.2, 0.25) is 0 Å². The number of aromatic nitrogens is 5. The van der Waals surface area contributed by atoms with E-state index in [1.807, 2.05) is 13.0 Å². The van der Waals surface area contributed by atoms with E-state index >= 15 is 0 Å². The Balaban J connectivity index is 1.74. The minimum Gasteiger partial charge on any atom is -0.356 e. The van der Waals surface area contributed by atoms with E-state index in [9.17, 15) is 8.78 Å². The Morgan fingerprint density at radius 2 is 2.08 bits per heavy atom. The predicted octanol–water partition coefficient (Wildman–Crippen LogP) is 3.40. The zero-order chi connectivity index (χ0) is 18.3. The summed E-state index contributed by atoms with van der Waals surface area (Å²) < 4.78 is 28.2. The van der Waals surface area contributed by atoms with Crippen LogP contribution in [0.15, 0.2) is 30.7 Å². The summed E-state index contributed by atoms with van der Waals surface area (Å²) in [6, 6.07) is 5.49. The minimum absolute atomic E-state index is 0.0377. The second-order valence-corrected chi connectivity index (χ2v) is 6.89. The first-order valence-electron chi connectivity index (χ1n) is 8.69. The normalized spacial score (nSPS) is 20.9. The molecule has 0 N–H and O–H groups in total. The van der Waals surface area contributed by atoms with E-state index in [1.165, 1.54) is 12.4 Å². The molecule has 0 radical (unpaired) electrons. The summed E-state index contributed by atoms with van der Waals surface area (Å²) in [5.41, 5.74) is 1.62. The van der Waals surface area contributed by atoms with Crippen molar-refractivity contribution in [3.63, 3.8) is 0 Å². The number of fused-ring (bicyclic) bond motifs is 1. The van der Waals surface area contributed by atoms with E-state index in [1.54, 1.807) is 10.7 Å². The molecule has 0 amide bonds. The van der Waals surface area contributed by atoms with Crippen molar-refractivity contribution in [1.82, 2.24) is 24.6 Å². The van der Waals surface area contributed by atoms with E-state index in [-0.39, 0.29) is 17.4 Å². The molecule has 8 heteroatoms. The fourth-order valence-electron chi connectivity index (χ4n) is 3.59. The molecule has 0 saturated carbocycles. The average Bonchev–Trinajstić information content (AvgIpc) is 3.10. The van der Waals surface area contributed by atoms with Gasteiger partial charge >= 0.3 is 0 Å². The van der Waals surface area contributed by atoms with E-state index in [0.29, 0.717) is 12.5 Å². The van der Waals surface area contributed by atoms with Gasteiger partial charge in [0.1, 0.15) is 17.8 Å². The molecule has 1 fully saturated rings. The number of anilines is 1. The van der Waals surface area contributed by atoms with E-state index < -0.39 is 6.43 Å². The van der Waals surface area contributed by atoms with Crippen molar-refractivity contribution in [3.05, 3.63) is 47.7 Å². The zero-order valence-electron chi connectivity index (χ0n) is 14.7. The van der Waals surface area contributed by atoms with Crippen LogP contribution in [0.25, 0.3) is 5.78 Å². The highest BCUT2D eigenvalue weighted by molar-refractivity contribution is 5.43. The second-order valence-electron chi connectivity index (χ2n) is 6.89. The number of aryl methyl sites for hydroxylation is 1. The van der Waals surface area contributed by atoms with Crippen molar-refractivity contribution >= 4 is 11.6 Å². The lowest BCUT2D eigenvalue weighted by atomic mass is 9.84. The molecule has 2 atom stereocenters. The van der Waals surface area contributed by atoms with Gasteiger partial charge in [-0.1, -0.05) is 6.92 Å². The van der Waals surface area contributed by atoms with E-state index in [0.717, 1.165) is 30.0 Å². The van der Waals surface area contributed by atoms with Crippen LogP contribution in [-0.4, -0.2) is 37.7 Å². The Morgan fingerprint density at radius 3 is 2.85 bits per heavy atom. The highest BCUT2D eigenvalue weighted by Gasteiger charge is 2.31. The number of pyridine rings is 1. The van der Waals surface area contributed by atoms with Crippen molar-refractivity contribution in [1.29, 1.82) is 0 Å².